The minimum absolute atomic E-state index is 0.0669. The summed E-state index contributed by atoms with van der Waals surface area (Å²) in [4.78, 5) is 11.5. The van der Waals surface area contributed by atoms with Gasteiger partial charge in [-0.25, -0.2) is 0 Å². The van der Waals surface area contributed by atoms with Gasteiger partial charge >= 0.3 is 14.8 Å². The zero-order valence-electron chi connectivity index (χ0n) is 12.7. The molecule has 8 heteroatoms. The second kappa shape index (κ2) is 11.5. The molecular weight excluding hydrogens is 300 g/mol. The van der Waals surface area contributed by atoms with Gasteiger partial charge in [-0.15, -0.1) is 0 Å². The van der Waals surface area contributed by atoms with Gasteiger partial charge in [0.15, 0.2) is 0 Å². The van der Waals surface area contributed by atoms with Gasteiger partial charge in [-0.05, 0) is 12.2 Å². The van der Waals surface area contributed by atoms with Crippen LogP contribution in [0.4, 0.5) is 0 Å². The Morgan fingerprint density at radius 3 is 2.35 bits per heavy atom. The molecule has 0 aromatic rings. The molecule has 0 aliphatic rings. The van der Waals surface area contributed by atoms with Gasteiger partial charge in [-0.2, -0.15) is 11.8 Å². The molecule has 0 saturated carbocycles. The number of aliphatic hydroxyl groups excluding tert-OH is 1. The van der Waals surface area contributed by atoms with Crippen LogP contribution in [0.25, 0.3) is 0 Å². The minimum Gasteiger partial charge on any atom is -0.463 e. The van der Waals surface area contributed by atoms with Gasteiger partial charge in [0, 0.05) is 33.1 Å². The number of ether oxygens (including phenoxy) is 1. The van der Waals surface area contributed by atoms with Crippen LogP contribution in [0.2, 0.25) is 6.04 Å². The Hall–Kier alpha value is -0.123. The van der Waals surface area contributed by atoms with E-state index in [-0.39, 0.29) is 25.1 Å². The zero-order valence-corrected chi connectivity index (χ0v) is 14.5. The summed E-state index contributed by atoms with van der Waals surface area (Å²) in [6, 6.07) is 0.757. The lowest BCUT2D eigenvalue weighted by Gasteiger charge is -2.24. The molecule has 0 aromatic carbocycles. The molecule has 0 fully saturated rings. The Morgan fingerprint density at radius 1 is 1.25 bits per heavy atom. The fourth-order valence-electron chi connectivity index (χ4n) is 1.56. The molecule has 0 aliphatic carbocycles. The number of hydrogen-bond donors (Lipinski definition) is 1. The second-order valence-electron chi connectivity index (χ2n) is 4.27. The van der Waals surface area contributed by atoms with Crippen LogP contribution in [-0.2, 0) is 22.8 Å². The van der Waals surface area contributed by atoms with E-state index in [0.717, 1.165) is 18.2 Å². The molecule has 6 nitrogen and oxygen atoms in total. The Morgan fingerprint density at radius 2 is 1.85 bits per heavy atom. The van der Waals surface area contributed by atoms with Gasteiger partial charge in [-0.1, -0.05) is 6.92 Å². The van der Waals surface area contributed by atoms with Gasteiger partial charge in [0.25, 0.3) is 0 Å². The summed E-state index contributed by atoms with van der Waals surface area (Å²) in [7, 11) is 2.34. The maximum Gasteiger partial charge on any atom is 0.500 e. The van der Waals surface area contributed by atoms with Crippen molar-refractivity contribution in [3.8, 4) is 0 Å². The highest BCUT2D eigenvalue weighted by Crippen LogP contribution is 2.18. The van der Waals surface area contributed by atoms with Crippen LogP contribution >= 0.6 is 11.8 Å². The average Bonchev–Trinajstić information content (AvgIpc) is 2.48. The molecule has 0 radical (unpaired) electrons. The average molecular weight is 326 g/mol. The van der Waals surface area contributed by atoms with Gasteiger partial charge in [0.2, 0.25) is 0 Å². The zero-order chi connectivity index (χ0) is 15.4. The highest BCUT2D eigenvalue weighted by Gasteiger charge is 2.36. The maximum atomic E-state index is 11.5. The van der Waals surface area contributed by atoms with Gasteiger partial charge in [0.05, 0.1) is 12.5 Å². The van der Waals surface area contributed by atoms with E-state index in [9.17, 15) is 4.79 Å². The molecule has 120 valence electrons. The van der Waals surface area contributed by atoms with E-state index in [1.807, 2.05) is 6.92 Å². The highest BCUT2D eigenvalue weighted by molar-refractivity contribution is 7.99. The smallest absolute Gasteiger partial charge is 0.463 e. The van der Waals surface area contributed by atoms with Crippen LogP contribution < -0.4 is 0 Å². The number of carbonyl (C=O) groups is 1. The summed E-state index contributed by atoms with van der Waals surface area (Å²) >= 11 is 1.69. The lowest BCUT2D eigenvalue weighted by molar-refractivity contribution is -0.148. The monoisotopic (exact) mass is 326 g/mol. The number of hydrogen-bond acceptors (Lipinski definition) is 7. The van der Waals surface area contributed by atoms with Crippen molar-refractivity contribution in [2.24, 2.45) is 5.92 Å². The molecule has 1 N–H and O–H groups in total. The van der Waals surface area contributed by atoms with Crippen LogP contribution in [0.1, 0.15) is 13.3 Å². The lowest BCUT2D eigenvalue weighted by Crippen LogP contribution is -2.42. The van der Waals surface area contributed by atoms with E-state index in [2.05, 4.69) is 0 Å². The molecule has 0 rings (SSSR count). The third-order valence-electron chi connectivity index (χ3n) is 2.81. The van der Waals surface area contributed by atoms with Gasteiger partial charge < -0.3 is 23.1 Å². The van der Waals surface area contributed by atoms with Crippen molar-refractivity contribution in [3.63, 3.8) is 0 Å². The predicted molar refractivity (Wildman–Crippen MR) is 80.7 cm³/mol. The van der Waals surface area contributed by atoms with Crippen LogP contribution in [0.15, 0.2) is 0 Å². The Bertz CT molecular complexity index is 254. The van der Waals surface area contributed by atoms with E-state index in [1.165, 1.54) is 0 Å². The molecule has 0 saturated heterocycles. The summed E-state index contributed by atoms with van der Waals surface area (Å²) in [5.41, 5.74) is 0. The Kier molecular flexibility index (Phi) is 11.5. The summed E-state index contributed by atoms with van der Waals surface area (Å²) in [5.74, 6) is 1.18. The van der Waals surface area contributed by atoms with E-state index < -0.39 is 8.80 Å². The van der Waals surface area contributed by atoms with E-state index >= 15 is 0 Å². The van der Waals surface area contributed by atoms with Gasteiger partial charge in [-0.3, -0.25) is 4.79 Å². The second-order valence-corrected chi connectivity index (χ2v) is 8.51. The summed E-state index contributed by atoms with van der Waals surface area (Å²) in [5, 5.41) is 8.58. The molecule has 1 atom stereocenters. The van der Waals surface area contributed by atoms with Crippen LogP contribution in [0.5, 0.6) is 0 Å². The molecule has 0 heterocycles. The summed E-state index contributed by atoms with van der Waals surface area (Å²) < 4.78 is 20.9. The highest BCUT2D eigenvalue weighted by atomic mass is 32.2. The third kappa shape index (κ3) is 7.60. The normalized spacial score (nSPS) is 13.2. The number of aliphatic hydroxyl groups is 1. The lowest BCUT2D eigenvalue weighted by atomic mass is 10.2. The molecule has 0 bridgehead atoms. The fourth-order valence-corrected chi connectivity index (χ4v) is 4.55. The predicted octanol–water partition coefficient (Wildman–Crippen LogP) is 1.16. The standard InChI is InChI=1S/C12H26O6SSi/c1-11(12(14)18-7-6-13)10-19-8-5-9-20(15-2,16-3)17-4/h11,13H,5-10H2,1-4H3. The quantitative estimate of drug-likeness (QED) is 0.328. The van der Waals surface area contributed by atoms with E-state index in [0.29, 0.717) is 5.75 Å². The summed E-state index contributed by atoms with van der Waals surface area (Å²) in [6.45, 7) is 1.76. The number of thioether (sulfide) groups is 1. The van der Waals surface area contributed by atoms with E-state index in [1.54, 1.807) is 33.1 Å². The maximum absolute atomic E-state index is 11.5. The van der Waals surface area contributed by atoms with Crippen molar-refractivity contribution in [2.75, 3.05) is 46.0 Å². The number of esters is 1. The molecule has 20 heavy (non-hydrogen) atoms. The van der Waals surface area contributed by atoms with Crippen molar-refractivity contribution in [1.29, 1.82) is 0 Å². The van der Waals surface area contributed by atoms with Crippen LogP contribution in [-0.4, -0.2) is 65.9 Å². The number of rotatable bonds is 12. The van der Waals surface area contributed by atoms with Crippen molar-refractivity contribution >= 4 is 26.5 Å². The van der Waals surface area contributed by atoms with Crippen molar-refractivity contribution in [2.45, 2.75) is 19.4 Å². The third-order valence-corrected chi connectivity index (χ3v) is 6.96. The SMILES string of the molecule is CO[Si](CCCSCC(C)C(=O)OCCO)(OC)OC. The Labute approximate surface area is 126 Å². The van der Waals surface area contributed by atoms with Crippen LogP contribution in [0.3, 0.4) is 0 Å². The first-order valence-corrected chi connectivity index (χ1v) is 9.64. The first kappa shape index (κ1) is 19.9. The van der Waals surface area contributed by atoms with Crippen molar-refractivity contribution < 1.29 is 27.9 Å². The molecular formula is C12H26O6SSi. The molecule has 1 unspecified atom stereocenters. The first-order valence-electron chi connectivity index (χ1n) is 6.56. The van der Waals surface area contributed by atoms with E-state index in [4.69, 9.17) is 23.1 Å². The first-order chi connectivity index (χ1) is 9.55. The molecule has 0 spiro atoms. The fraction of sp³-hybridized carbons (Fsp3) is 0.917. The summed E-state index contributed by atoms with van der Waals surface area (Å²) in [6.07, 6.45) is 0.908. The molecule has 0 amide bonds. The van der Waals surface area contributed by atoms with Crippen molar-refractivity contribution in [1.82, 2.24) is 0 Å². The van der Waals surface area contributed by atoms with Crippen LogP contribution in [0, 0.1) is 5.92 Å². The van der Waals surface area contributed by atoms with Gasteiger partial charge in [0.1, 0.15) is 6.61 Å². The number of carbonyl (C=O) groups excluding carboxylic acids is 1. The largest absolute Gasteiger partial charge is 0.500 e. The minimum atomic E-state index is -2.47. The molecule has 0 aromatic heterocycles. The molecule has 0 aliphatic heterocycles. The van der Waals surface area contributed by atoms with Crippen molar-refractivity contribution in [3.05, 3.63) is 0 Å². The Balaban J connectivity index is 3.78. The topological polar surface area (TPSA) is 74.2 Å².